The maximum Gasteiger partial charge on any atom is 0.329 e. The third kappa shape index (κ3) is 6.51. The summed E-state index contributed by atoms with van der Waals surface area (Å²) in [6.45, 7) is 1.28. The summed E-state index contributed by atoms with van der Waals surface area (Å²) in [5.74, 6) is -0.880. The minimum absolute atomic E-state index is 0.0835. The molecule has 0 fully saturated rings. The molecule has 4 nitrogen and oxygen atoms in total. The van der Waals surface area contributed by atoms with Crippen molar-refractivity contribution in [2.24, 2.45) is 0 Å². The molecule has 0 bridgehead atoms. The second-order valence-corrected chi connectivity index (χ2v) is 3.97. The number of halogens is 2. The first kappa shape index (κ1) is 14.4. The van der Waals surface area contributed by atoms with Crippen LogP contribution in [0.25, 0.3) is 0 Å². The molecule has 0 heterocycles. The van der Waals surface area contributed by atoms with E-state index < -0.39 is 17.2 Å². The second-order valence-electron chi connectivity index (χ2n) is 2.50. The van der Waals surface area contributed by atoms with Crippen LogP contribution in [0.2, 0.25) is 0 Å². The van der Waals surface area contributed by atoms with Crippen molar-refractivity contribution < 1.29 is 18.7 Å². The maximum atomic E-state index is 12.7. The van der Waals surface area contributed by atoms with Crippen molar-refractivity contribution >= 4 is 39.6 Å². The summed E-state index contributed by atoms with van der Waals surface area (Å²) in [6, 6.07) is -0.837. The van der Waals surface area contributed by atoms with Gasteiger partial charge < -0.3 is 10.1 Å². The van der Waals surface area contributed by atoms with E-state index in [1.54, 1.807) is 0 Å². The molecule has 0 aromatic rings. The number of thioether (sulfide) groups is 1. The van der Waals surface area contributed by atoms with E-state index in [9.17, 15) is 14.0 Å². The number of ether oxygens (including phenoxy) is 1. The van der Waals surface area contributed by atoms with E-state index in [2.05, 4.69) is 26.0 Å². The molecule has 86 valence electrons. The molecule has 15 heavy (non-hydrogen) atoms. The van der Waals surface area contributed by atoms with Crippen LogP contribution in [0.3, 0.4) is 0 Å². The van der Waals surface area contributed by atoms with Crippen LogP contribution in [0.5, 0.6) is 0 Å². The first-order valence-corrected chi connectivity index (χ1v) is 5.85. The van der Waals surface area contributed by atoms with Gasteiger partial charge in [-0.3, -0.25) is 4.79 Å². The van der Waals surface area contributed by atoms with Crippen LogP contribution in [-0.4, -0.2) is 30.8 Å². The molecule has 1 unspecified atom stereocenters. The van der Waals surface area contributed by atoms with Gasteiger partial charge in [0.15, 0.2) is 5.16 Å². The van der Waals surface area contributed by atoms with Crippen LogP contribution in [0.15, 0.2) is 10.1 Å². The average molecular weight is 300 g/mol. The predicted molar refractivity (Wildman–Crippen MR) is 60.2 cm³/mol. The Bertz CT molecular complexity index is 273. The van der Waals surface area contributed by atoms with Crippen molar-refractivity contribution in [2.75, 3.05) is 12.9 Å². The molecule has 0 aliphatic rings. The monoisotopic (exact) mass is 299 g/mol. The van der Waals surface area contributed by atoms with Gasteiger partial charge >= 0.3 is 5.97 Å². The minimum Gasteiger partial charge on any atom is -0.467 e. The number of amides is 1. The molecule has 0 aliphatic carbocycles. The Morgan fingerprint density at radius 3 is 2.67 bits per heavy atom. The molecule has 0 spiro atoms. The van der Waals surface area contributed by atoms with E-state index >= 15 is 0 Å². The summed E-state index contributed by atoms with van der Waals surface area (Å²) in [6.07, 6.45) is 0. The van der Waals surface area contributed by atoms with Crippen molar-refractivity contribution in [3.05, 3.63) is 10.1 Å². The fourth-order valence-corrected chi connectivity index (χ4v) is 1.76. The molecule has 1 amide bonds. The van der Waals surface area contributed by atoms with Crippen LogP contribution in [0, 0.1) is 0 Å². The van der Waals surface area contributed by atoms with Gasteiger partial charge in [0, 0.05) is 17.7 Å². The zero-order valence-electron chi connectivity index (χ0n) is 8.25. The Labute approximate surface area is 99.7 Å². The second kappa shape index (κ2) is 7.70. The van der Waals surface area contributed by atoms with E-state index in [4.69, 9.17) is 0 Å². The van der Waals surface area contributed by atoms with Crippen molar-refractivity contribution in [3.63, 3.8) is 0 Å². The van der Waals surface area contributed by atoms with Crippen LogP contribution >= 0.6 is 27.7 Å². The van der Waals surface area contributed by atoms with E-state index in [1.165, 1.54) is 14.0 Å². The molecular formula is C8H11BrFNO3S. The molecule has 1 N–H and O–H groups in total. The van der Waals surface area contributed by atoms with E-state index in [1.807, 2.05) is 0 Å². The van der Waals surface area contributed by atoms with Crippen LogP contribution in [0.1, 0.15) is 6.92 Å². The highest BCUT2D eigenvalue weighted by Gasteiger charge is 2.20. The number of carbonyl (C=O) groups is 2. The molecule has 0 saturated heterocycles. The highest BCUT2D eigenvalue weighted by molar-refractivity contribution is 9.11. The Hall–Kier alpha value is -0.560. The fourth-order valence-electron chi connectivity index (χ4n) is 0.751. The number of methoxy groups -OCH3 is 1. The van der Waals surface area contributed by atoms with Gasteiger partial charge in [-0.15, -0.1) is 0 Å². The lowest BCUT2D eigenvalue weighted by Crippen LogP contribution is -2.42. The maximum absolute atomic E-state index is 12.7. The smallest absolute Gasteiger partial charge is 0.329 e. The van der Waals surface area contributed by atoms with Crippen molar-refractivity contribution in [2.45, 2.75) is 13.0 Å². The van der Waals surface area contributed by atoms with Crippen LogP contribution in [0.4, 0.5) is 4.39 Å². The van der Waals surface area contributed by atoms with Gasteiger partial charge in [-0.25, -0.2) is 4.79 Å². The van der Waals surface area contributed by atoms with Crippen LogP contribution in [-0.2, 0) is 14.3 Å². The SMILES string of the molecule is COC(=O)C(CS/C(F)=C/Br)NC(C)=O. The molecule has 0 aromatic carbocycles. The number of esters is 1. The Balaban J connectivity index is 4.25. The van der Waals surface area contributed by atoms with E-state index in [0.29, 0.717) is 0 Å². The highest BCUT2D eigenvalue weighted by atomic mass is 79.9. The van der Waals surface area contributed by atoms with Gasteiger partial charge in [-0.1, -0.05) is 27.7 Å². The van der Waals surface area contributed by atoms with Crippen molar-refractivity contribution in [1.29, 1.82) is 0 Å². The van der Waals surface area contributed by atoms with Crippen molar-refractivity contribution in [3.8, 4) is 0 Å². The number of hydrogen-bond donors (Lipinski definition) is 1. The number of hydrogen-bond acceptors (Lipinski definition) is 4. The standard InChI is InChI=1S/C8H11BrFNO3S/c1-5(12)11-6(8(13)14-2)4-15-7(10)3-9/h3,6H,4H2,1-2H3,(H,11,12)/b7-3+. The molecule has 0 radical (unpaired) electrons. The Kier molecular flexibility index (Phi) is 7.41. The largest absolute Gasteiger partial charge is 0.467 e. The number of rotatable bonds is 5. The molecular weight excluding hydrogens is 289 g/mol. The lowest BCUT2D eigenvalue weighted by Gasteiger charge is -2.13. The summed E-state index contributed by atoms with van der Waals surface area (Å²) in [7, 11) is 1.21. The summed E-state index contributed by atoms with van der Waals surface area (Å²) in [5, 5.41) is 1.89. The fraction of sp³-hybridized carbons (Fsp3) is 0.500. The third-order valence-corrected chi connectivity index (χ3v) is 2.94. The van der Waals surface area contributed by atoms with Gasteiger partial charge in [0.25, 0.3) is 0 Å². The quantitative estimate of drug-likeness (QED) is 0.783. The number of nitrogens with one attached hydrogen (secondary N) is 1. The van der Waals surface area contributed by atoms with E-state index in [0.717, 1.165) is 16.7 Å². The zero-order valence-corrected chi connectivity index (χ0v) is 10.7. The average Bonchev–Trinajstić information content (AvgIpc) is 2.21. The zero-order chi connectivity index (χ0) is 11.8. The lowest BCUT2D eigenvalue weighted by molar-refractivity contribution is -0.144. The summed E-state index contributed by atoms with van der Waals surface area (Å²) in [5.41, 5.74) is 0. The Morgan fingerprint density at radius 1 is 1.67 bits per heavy atom. The Morgan fingerprint density at radius 2 is 2.27 bits per heavy atom. The predicted octanol–water partition coefficient (Wildman–Crippen LogP) is 1.56. The lowest BCUT2D eigenvalue weighted by atomic mass is 10.3. The molecule has 0 saturated carbocycles. The van der Waals surface area contributed by atoms with Gasteiger partial charge in [0.05, 0.1) is 7.11 Å². The molecule has 0 aliphatic heterocycles. The van der Waals surface area contributed by atoms with Gasteiger partial charge in [0.2, 0.25) is 5.91 Å². The highest BCUT2D eigenvalue weighted by Crippen LogP contribution is 2.19. The minimum atomic E-state index is -0.837. The molecule has 0 aromatic heterocycles. The third-order valence-electron chi connectivity index (χ3n) is 1.34. The first-order valence-electron chi connectivity index (χ1n) is 3.94. The van der Waals surface area contributed by atoms with Crippen LogP contribution < -0.4 is 5.32 Å². The normalized spacial score (nSPS) is 13.2. The van der Waals surface area contributed by atoms with Crippen molar-refractivity contribution in [1.82, 2.24) is 5.32 Å². The van der Waals surface area contributed by atoms with E-state index in [-0.39, 0.29) is 11.7 Å². The van der Waals surface area contributed by atoms with Gasteiger partial charge in [-0.2, -0.15) is 4.39 Å². The summed E-state index contributed by atoms with van der Waals surface area (Å²) >= 11 is 3.61. The van der Waals surface area contributed by atoms with Gasteiger partial charge in [-0.05, 0) is 0 Å². The molecule has 7 heteroatoms. The topological polar surface area (TPSA) is 55.4 Å². The van der Waals surface area contributed by atoms with Gasteiger partial charge in [0.1, 0.15) is 6.04 Å². The molecule has 0 rings (SSSR count). The number of carbonyl (C=O) groups excluding carboxylic acids is 2. The summed E-state index contributed by atoms with van der Waals surface area (Å²) in [4.78, 5) is 23.0. The molecule has 1 atom stereocenters. The summed E-state index contributed by atoms with van der Waals surface area (Å²) < 4.78 is 17.2. The first-order chi connectivity index (χ1) is 7.01.